The summed E-state index contributed by atoms with van der Waals surface area (Å²) in [6.45, 7) is 6.79. The van der Waals surface area contributed by atoms with Crippen LogP contribution in [0.2, 0.25) is 10.0 Å². The van der Waals surface area contributed by atoms with Gasteiger partial charge in [0.25, 0.3) is 5.91 Å². The molecule has 1 amide bonds. The van der Waals surface area contributed by atoms with E-state index in [1.165, 1.54) is 0 Å². The third-order valence-electron chi connectivity index (χ3n) is 3.64. The molecule has 0 fully saturated rings. The molecule has 7 nitrogen and oxygen atoms in total. The van der Waals surface area contributed by atoms with Crippen LogP contribution in [0.3, 0.4) is 0 Å². The van der Waals surface area contributed by atoms with Crippen LogP contribution in [0.15, 0.2) is 30.3 Å². The average molecular weight is 472 g/mol. The number of anilines is 1. The molecule has 30 heavy (non-hydrogen) atoms. The van der Waals surface area contributed by atoms with Gasteiger partial charge < -0.3 is 19.5 Å². The van der Waals surface area contributed by atoms with Crippen molar-refractivity contribution in [3.05, 3.63) is 45.9 Å². The molecule has 2 rings (SSSR count). The summed E-state index contributed by atoms with van der Waals surface area (Å²) < 4.78 is 16.9. The van der Waals surface area contributed by atoms with Crippen molar-refractivity contribution in [2.45, 2.75) is 20.8 Å². The first-order valence-corrected chi connectivity index (χ1v) is 10.4. The predicted molar refractivity (Wildman–Crippen MR) is 123 cm³/mol. The minimum atomic E-state index is -0.439. The Morgan fingerprint density at radius 3 is 2.07 bits per heavy atom. The van der Waals surface area contributed by atoms with Crippen LogP contribution in [0.5, 0.6) is 17.2 Å². The van der Waals surface area contributed by atoms with Crippen molar-refractivity contribution in [2.75, 3.05) is 25.1 Å². The zero-order chi connectivity index (χ0) is 22.1. The molecule has 10 heteroatoms. The zero-order valence-corrected chi connectivity index (χ0v) is 19.1. The highest BCUT2D eigenvalue weighted by atomic mass is 35.5. The van der Waals surface area contributed by atoms with Gasteiger partial charge in [-0.3, -0.25) is 15.6 Å². The molecule has 0 saturated carbocycles. The molecule has 0 spiro atoms. The maximum atomic E-state index is 12.6. The highest BCUT2D eigenvalue weighted by Crippen LogP contribution is 2.39. The quantitative estimate of drug-likeness (QED) is 0.376. The van der Waals surface area contributed by atoms with Crippen molar-refractivity contribution in [1.82, 2.24) is 10.9 Å². The summed E-state index contributed by atoms with van der Waals surface area (Å²) in [7, 11) is 0. The Morgan fingerprint density at radius 2 is 1.53 bits per heavy atom. The number of hydrazine groups is 1. The fourth-order valence-electron chi connectivity index (χ4n) is 2.45. The van der Waals surface area contributed by atoms with E-state index in [1.807, 2.05) is 20.8 Å². The number of hydrogen-bond donors (Lipinski definition) is 3. The Bertz CT molecular complexity index is 885. The van der Waals surface area contributed by atoms with Crippen LogP contribution in [-0.2, 0) is 0 Å². The third-order valence-corrected chi connectivity index (χ3v) is 4.39. The van der Waals surface area contributed by atoms with Gasteiger partial charge in [0.1, 0.15) is 0 Å². The number of benzene rings is 2. The monoisotopic (exact) mass is 471 g/mol. The average Bonchev–Trinajstić information content (AvgIpc) is 2.71. The van der Waals surface area contributed by atoms with E-state index in [0.717, 1.165) is 0 Å². The van der Waals surface area contributed by atoms with Crippen LogP contribution in [0, 0.1) is 0 Å². The van der Waals surface area contributed by atoms with Crippen molar-refractivity contribution in [3.8, 4) is 17.2 Å². The zero-order valence-electron chi connectivity index (χ0n) is 16.8. The first kappa shape index (κ1) is 23.9. The SMILES string of the molecule is CCOc1cc(C(=O)NNC(=S)Nc2ccc(Cl)cc2Cl)cc(OCC)c1OCC. The number of carbonyl (C=O) groups excluding carboxylic acids is 1. The van der Waals surface area contributed by atoms with Crippen LogP contribution >= 0.6 is 35.4 Å². The summed E-state index contributed by atoms with van der Waals surface area (Å²) in [5.74, 6) is 0.861. The van der Waals surface area contributed by atoms with Crippen molar-refractivity contribution in [1.29, 1.82) is 0 Å². The van der Waals surface area contributed by atoms with Gasteiger partial charge >= 0.3 is 0 Å². The molecule has 2 aromatic carbocycles. The number of ether oxygens (including phenoxy) is 3. The van der Waals surface area contributed by atoms with E-state index in [1.54, 1.807) is 30.3 Å². The van der Waals surface area contributed by atoms with E-state index >= 15 is 0 Å². The topological polar surface area (TPSA) is 80.9 Å². The highest BCUT2D eigenvalue weighted by molar-refractivity contribution is 7.80. The second-order valence-electron chi connectivity index (χ2n) is 5.76. The molecule has 0 heterocycles. The van der Waals surface area contributed by atoms with E-state index in [2.05, 4.69) is 16.2 Å². The molecule has 2 aromatic rings. The smallest absolute Gasteiger partial charge is 0.269 e. The second-order valence-corrected chi connectivity index (χ2v) is 7.01. The van der Waals surface area contributed by atoms with Crippen molar-refractivity contribution in [2.24, 2.45) is 0 Å². The number of carbonyl (C=O) groups is 1. The fraction of sp³-hybridized carbons (Fsp3) is 0.300. The number of nitrogens with one attached hydrogen (secondary N) is 3. The van der Waals surface area contributed by atoms with Crippen LogP contribution in [0.4, 0.5) is 5.69 Å². The molecule has 0 atom stereocenters. The summed E-state index contributed by atoms with van der Waals surface area (Å²) >= 11 is 17.2. The lowest BCUT2D eigenvalue weighted by Crippen LogP contribution is -2.43. The van der Waals surface area contributed by atoms with Gasteiger partial charge in [-0.05, 0) is 63.3 Å². The third kappa shape index (κ3) is 6.55. The summed E-state index contributed by atoms with van der Waals surface area (Å²) in [5, 5.41) is 3.92. The highest BCUT2D eigenvalue weighted by Gasteiger charge is 2.18. The van der Waals surface area contributed by atoms with E-state index in [4.69, 9.17) is 49.6 Å². The van der Waals surface area contributed by atoms with Crippen LogP contribution in [0.25, 0.3) is 0 Å². The Labute approximate surface area is 190 Å². The number of thiocarbonyl (C=S) groups is 1. The van der Waals surface area contributed by atoms with Crippen molar-refractivity contribution >= 4 is 52.1 Å². The molecule has 0 aliphatic carbocycles. The van der Waals surface area contributed by atoms with Crippen molar-refractivity contribution in [3.63, 3.8) is 0 Å². The summed E-state index contributed by atoms with van der Waals surface area (Å²) in [4.78, 5) is 12.6. The lowest BCUT2D eigenvalue weighted by molar-refractivity contribution is 0.0943. The summed E-state index contributed by atoms with van der Waals surface area (Å²) in [6.07, 6.45) is 0. The van der Waals surface area contributed by atoms with Crippen LogP contribution in [-0.4, -0.2) is 30.8 Å². The maximum absolute atomic E-state index is 12.6. The minimum absolute atomic E-state index is 0.147. The van der Waals surface area contributed by atoms with E-state index in [9.17, 15) is 4.79 Å². The largest absolute Gasteiger partial charge is 0.490 e. The van der Waals surface area contributed by atoms with Gasteiger partial charge in [0.2, 0.25) is 5.75 Å². The molecular weight excluding hydrogens is 449 g/mol. The molecule has 162 valence electrons. The molecule has 3 N–H and O–H groups in total. The molecule has 0 aliphatic rings. The first-order chi connectivity index (χ1) is 14.4. The van der Waals surface area contributed by atoms with Gasteiger partial charge in [0, 0.05) is 10.6 Å². The number of hydrogen-bond acceptors (Lipinski definition) is 5. The first-order valence-electron chi connectivity index (χ1n) is 9.28. The van der Waals surface area contributed by atoms with Crippen LogP contribution in [0.1, 0.15) is 31.1 Å². The Kier molecular flexibility index (Phi) is 9.29. The number of amides is 1. The van der Waals surface area contributed by atoms with Gasteiger partial charge in [-0.2, -0.15) is 0 Å². The number of halogens is 2. The lowest BCUT2D eigenvalue weighted by Gasteiger charge is -2.17. The van der Waals surface area contributed by atoms with E-state index in [-0.39, 0.29) is 5.11 Å². The molecule has 0 aliphatic heterocycles. The van der Waals surface area contributed by atoms with E-state index < -0.39 is 5.91 Å². The standard InChI is InChI=1S/C20H23Cl2N3O4S/c1-4-27-16-9-12(10-17(28-5-2)18(16)29-6-3)19(26)24-25-20(30)23-15-8-7-13(21)11-14(15)22/h7-11H,4-6H2,1-3H3,(H,24,26)(H2,23,25,30). The van der Waals surface area contributed by atoms with Crippen molar-refractivity contribution < 1.29 is 19.0 Å². The lowest BCUT2D eigenvalue weighted by atomic mass is 10.1. The fourth-order valence-corrected chi connectivity index (χ4v) is 3.07. The van der Waals surface area contributed by atoms with Gasteiger partial charge in [0.05, 0.1) is 30.5 Å². The Balaban J connectivity index is 2.12. The molecule has 0 unspecified atom stereocenters. The molecular formula is C20H23Cl2N3O4S. The summed E-state index contributed by atoms with van der Waals surface area (Å²) in [6, 6.07) is 8.09. The van der Waals surface area contributed by atoms with Crippen LogP contribution < -0.4 is 30.4 Å². The van der Waals surface area contributed by atoms with Gasteiger partial charge in [-0.15, -0.1) is 0 Å². The molecule has 0 aromatic heterocycles. The molecule has 0 bridgehead atoms. The molecule has 0 radical (unpaired) electrons. The number of rotatable bonds is 8. The normalized spacial score (nSPS) is 10.2. The predicted octanol–water partition coefficient (Wildman–Crippen LogP) is 4.82. The Hall–Kier alpha value is -2.42. The van der Waals surface area contributed by atoms with Gasteiger partial charge in [-0.1, -0.05) is 23.2 Å². The van der Waals surface area contributed by atoms with Gasteiger partial charge in [0.15, 0.2) is 16.6 Å². The minimum Gasteiger partial charge on any atom is -0.490 e. The Morgan fingerprint density at radius 1 is 0.933 bits per heavy atom. The second kappa shape index (κ2) is 11.7. The molecule has 0 saturated heterocycles. The van der Waals surface area contributed by atoms with Gasteiger partial charge in [-0.25, -0.2) is 0 Å². The summed E-state index contributed by atoms with van der Waals surface area (Å²) in [5.41, 5.74) is 6.01. The van der Waals surface area contributed by atoms with E-state index in [0.29, 0.717) is 58.4 Å². The maximum Gasteiger partial charge on any atom is 0.269 e.